The molecule has 242 valence electrons. The maximum absolute atomic E-state index is 13.0. The summed E-state index contributed by atoms with van der Waals surface area (Å²) in [6.07, 6.45) is 6.60. The lowest BCUT2D eigenvalue weighted by Gasteiger charge is -2.45. The summed E-state index contributed by atoms with van der Waals surface area (Å²) in [5.74, 6) is -0.0651. The van der Waals surface area contributed by atoms with Crippen LogP contribution in [0.4, 0.5) is 0 Å². The molecule has 3 aromatic carbocycles. The van der Waals surface area contributed by atoms with E-state index < -0.39 is 10.8 Å². The average molecular weight is 643 g/mol. The lowest BCUT2D eigenvalue weighted by Crippen LogP contribution is -2.37. The van der Waals surface area contributed by atoms with Crippen LogP contribution >= 0.6 is 10.8 Å². The molecule has 2 N–H and O–H groups in total. The second kappa shape index (κ2) is 13.4. The molecule has 2 aliphatic rings. The Balaban J connectivity index is 1.42. The molecule has 1 aliphatic carbocycles. The van der Waals surface area contributed by atoms with Crippen molar-refractivity contribution in [2.24, 2.45) is 0 Å². The van der Waals surface area contributed by atoms with Gasteiger partial charge in [0.25, 0.3) is 0 Å². The Kier molecular flexibility index (Phi) is 9.33. The van der Waals surface area contributed by atoms with Gasteiger partial charge in [0.15, 0.2) is 0 Å². The number of aryl methyl sites for hydroxylation is 2. The quantitative estimate of drug-likeness (QED) is 0.126. The van der Waals surface area contributed by atoms with Crippen molar-refractivity contribution in [1.29, 1.82) is 0 Å². The predicted octanol–water partition coefficient (Wildman–Crippen LogP) is 7.75. The van der Waals surface area contributed by atoms with E-state index in [0.717, 1.165) is 52.5 Å². The van der Waals surface area contributed by atoms with Crippen LogP contribution in [0.5, 0.6) is 5.75 Å². The van der Waals surface area contributed by atoms with Gasteiger partial charge in [-0.05, 0) is 85.5 Å². The van der Waals surface area contributed by atoms with Gasteiger partial charge in [0.2, 0.25) is 0 Å². The second-order valence-corrected chi connectivity index (χ2v) is 13.9. The molecule has 0 spiro atoms. The highest BCUT2D eigenvalue weighted by Crippen LogP contribution is 2.61. The summed E-state index contributed by atoms with van der Waals surface area (Å²) in [6.45, 7) is 12.7. The zero-order valence-electron chi connectivity index (χ0n) is 26.5. The summed E-state index contributed by atoms with van der Waals surface area (Å²) in [5.41, 5.74) is 6.81. The Bertz CT molecular complexity index is 1770. The van der Waals surface area contributed by atoms with Gasteiger partial charge in [0, 0.05) is 5.92 Å². The maximum atomic E-state index is 13.0. The van der Waals surface area contributed by atoms with Crippen molar-refractivity contribution >= 4 is 27.8 Å². The first kappa shape index (κ1) is 32.0. The van der Waals surface area contributed by atoms with E-state index >= 15 is 0 Å². The monoisotopic (exact) mass is 642 g/mol. The van der Waals surface area contributed by atoms with Crippen LogP contribution in [0.2, 0.25) is 0 Å². The molecule has 2 heterocycles. The van der Waals surface area contributed by atoms with Gasteiger partial charge in [-0.15, -0.1) is 29.0 Å². The lowest BCUT2D eigenvalue weighted by atomic mass is 9.84. The molecule has 4 aromatic rings. The van der Waals surface area contributed by atoms with Gasteiger partial charge in [-0.1, -0.05) is 53.8 Å². The first-order valence-electron chi connectivity index (χ1n) is 15.9. The average Bonchev–Trinajstić information content (AvgIpc) is 3.63. The first-order valence-corrected chi connectivity index (χ1v) is 17.4. The fraction of sp³-hybridized carbons (Fsp3) is 0.361. The number of hydrogen-bond acceptors (Lipinski definition) is 8. The molecule has 1 aromatic heterocycles. The highest BCUT2D eigenvalue weighted by Gasteiger charge is 2.42. The van der Waals surface area contributed by atoms with Gasteiger partial charge in [-0.3, -0.25) is 13.9 Å². The van der Waals surface area contributed by atoms with Crippen molar-refractivity contribution in [3.05, 3.63) is 108 Å². The van der Waals surface area contributed by atoms with Crippen LogP contribution in [0.1, 0.15) is 72.4 Å². The molecule has 0 saturated carbocycles. The highest BCUT2D eigenvalue weighted by atomic mass is 32.3. The van der Waals surface area contributed by atoms with Gasteiger partial charge in [0.1, 0.15) is 22.3 Å². The predicted molar refractivity (Wildman–Crippen MR) is 181 cm³/mol. The SMILES string of the molecule is C=CCCC1CN(C2CCc3ccc(C(CC(=O)OCC)c4ccc5c(nnn5CC=C)c4C)cc32)S(O)(O)c2ccccc2O1. The van der Waals surface area contributed by atoms with Crippen LogP contribution < -0.4 is 4.74 Å². The Morgan fingerprint density at radius 2 is 2.00 bits per heavy atom. The third-order valence-corrected chi connectivity index (χ3v) is 11.1. The van der Waals surface area contributed by atoms with Gasteiger partial charge < -0.3 is 9.47 Å². The number of benzene rings is 3. The van der Waals surface area contributed by atoms with Gasteiger partial charge in [0.05, 0.1) is 37.7 Å². The van der Waals surface area contributed by atoms with Crippen LogP contribution in [0.3, 0.4) is 0 Å². The van der Waals surface area contributed by atoms with Gasteiger partial charge in [-0.25, -0.2) is 4.68 Å². The van der Waals surface area contributed by atoms with Crippen molar-refractivity contribution in [3.63, 3.8) is 0 Å². The van der Waals surface area contributed by atoms with Crippen molar-refractivity contribution < 1.29 is 23.4 Å². The summed E-state index contributed by atoms with van der Waals surface area (Å²) < 4.78 is 39.2. The number of rotatable bonds is 11. The van der Waals surface area contributed by atoms with Crippen molar-refractivity contribution in [2.75, 3.05) is 13.2 Å². The molecule has 6 rings (SSSR count). The third kappa shape index (κ3) is 5.98. The summed E-state index contributed by atoms with van der Waals surface area (Å²) in [5, 5.41) is 8.78. The van der Waals surface area contributed by atoms with Gasteiger partial charge in [-0.2, -0.15) is 4.31 Å². The summed E-state index contributed by atoms with van der Waals surface area (Å²) in [6, 6.07) is 17.4. The normalized spacial score (nSPS) is 20.2. The standard InChI is InChI=1S/C36H42N4O5S/c1-5-8-11-27-23-40(46(42,43)34-13-10-9-12-33(34)45-27)31-18-16-25-14-15-26(21-30(25)31)29(22-35(41)44-7-3)28-17-19-32-36(24(28)4)37-38-39(32)20-6-2/h5-6,9-10,12-15,17,19,21,27,29,31,42-43H,1-2,7-8,11,16,18,20,22-23H2,3-4H3. The van der Waals surface area contributed by atoms with Crippen LogP contribution in [0, 0.1) is 6.92 Å². The van der Waals surface area contributed by atoms with E-state index in [4.69, 9.17) is 9.47 Å². The van der Waals surface area contributed by atoms with E-state index in [-0.39, 0.29) is 30.5 Å². The van der Waals surface area contributed by atoms with Crippen LogP contribution in [-0.4, -0.2) is 53.6 Å². The molecule has 3 atom stereocenters. The Labute approximate surface area is 272 Å². The molecule has 1 aliphatic heterocycles. The molecule has 0 saturated heterocycles. The third-order valence-electron chi connectivity index (χ3n) is 9.14. The molecule has 0 radical (unpaired) electrons. The smallest absolute Gasteiger partial charge is 0.306 e. The fourth-order valence-electron chi connectivity index (χ4n) is 6.91. The minimum Gasteiger partial charge on any atom is -0.487 e. The zero-order chi connectivity index (χ0) is 32.4. The van der Waals surface area contributed by atoms with E-state index in [1.165, 1.54) is 5.56 Å². The number of fused-ring (bicyclic) bond motifs is 3. The Hall–Kier alpha value is -3.96. The number of carbonyl (C=O) groups is 1. The molecule has 9 nitrogen and oxygen atoms in total. The zero-order valence-corrected chi connectivity index (χ0v) is 27.3. The van der Waals surface area contributed by atoms with Crippen LogP contribution in [0.15, 0.2) is 84.8 Å². The Morgan fingerprint density at radius 3 is 2.78 bits per heavy atom. The molecule has 10 heteroatoms. The largest absolute Gasteiger partial charge is 0.487 e. The van der Waals surface area contributed by atoms with Crippen molar-refractivity contribution in [1.82, 2.24) is 19.3 Å². The number of allylic oxidation sites excluding steroid dienone is 2. The van der Waals surface area contributed by atoms with E-state index in [9.17, 15) is 13.9 Å². The summed E-state index contributed by atoms with van der Waals surface area (Å²) in [4.78, 5) is 13.4. The molecular weight excluding hydrogens is 600 g/mol. The minimum atomic E-state index is -3.36. The molecule has 46 heavy (non-hydrogen) atoms. The van der Waals surface area contributed by atoms with Crippen LogP contribution in [0.25, 0.3) is 11.0 Å². The molecule has 0 amide bonds. The van der Waals surface area contributed by atoms with Crippen molar-refractivity contribution in [2.45, 2.75) is 75.5 Å². The fourth-order valence-corrected chi connectivity index (χ4v) is 8.75. The first-order chi connectivity index (χ1) is 22.3. The number of ether oxygens (including phenoxy) is 2. The number of hydrogen-bond donors (Lipinski definition) is 2. The number of aromatic nitrogens is 3. The molecule has 3 unspecified atom stereocenters. The Morgan fingerprint density at radius 1 is 1.17 bits per heavy atom. The number of esters is 1. The van der Waals surface area contributed by atoms with Crippen LogP contribution in [-0.2, 0) is 22.5 Å². The summed E-state index contributed by atoms with van der Waals surface area (Å²) >= 11 is 0. The second-order valence-electron chi connectivity index (χ2n) is 12.0. The number of carbonyl (C=O) groups excluding carboxylic acids is 1. The molecule has 0 bridgehead atoms. The molecule has 0 fully saturated rings. The van der Waals surface area contributed by atoms with E-state index in [1.54, 1.807) is 12.1 Å². The maximum Gasteiger partial charge on any atom is 0.306 e. The highest BCUT2D eigenvalue weighted by molar-refractivity contribution is 8.22. The minimum absolute atomic E-state index is 0.161. The van der Waals surface area contributed by atoms with Crippen molar-refractivity contribution in [3.8, 4) is 5.75 Å². The van der Waals surface area contributed by atoms with E-state index in [2.05, 4.69) is 47.7 Å². The lowest BCUT2D eigenvalue weighted by molar-refractivity contribution is -0.143. The van der Waals surface area contributed by atoms with E-state index in [1.807, 2.05) is 53.2 Å². The number of para-hydroxylation sites is 1. The van der Waals surface area contributed by atoms with Gasteiger partial charge >= 0.3 is 5.97 Å². The van der Waals surface area contributed by atoms with E-state index in [0.29, 0.717) is 36.8 Å². The number of nitrogens with zero attached hydrogens (tertiary/aromatic N) is 4. The topological polar surface area (TPSA) is 110 Å². The summed E-state index contributed by atoms with van der Waals surface area (Å²) in [7, 11) is -3.36. The molecular formula is C36H42N4O5S.